The summed E-state index contributed by atoms with van der Waals surface area (Å²) >= 11 is 0. The number of nitrogens with zero attached hydrogens (tertiary/aromatic N) is 2. The summed E-state index contributed by atoms with van der Waals surface area (Å²) in [6, 6.07) is 60.6. The van der Waals surface area contributed by atoms with Crippen LogP contribution in [0, 0.1) is 11.3 Å². The number of aliphatic carboxylic acids is 1. The zero-order chi connectivity index (χ0) is 61.4. The third kappa shape index (κ3) is 16.2. The number of hydrogen-bond acceptors (Lipinski definition) is 3. The Hall–Kier alpha value is -7.48. The van der Waals surface area contributed by atoms with Crippen molar-refractivity contribution in [2.24, 2.45) is 0 Å². The van der Waals surface area contributed by atoms with Crippen molar-refractivity contribution >= 4 is 53.4 Å². The molecule has 0 atom stereocenters. The molecule has 0 saturated carbocycles. The molecule has 0 amide bonds. The van der Waals surface area contributed by atoms with Crippen molar-refractivity contribution in [3.05, 3.63) is 213 Å². The molecule has 88 heavy (non-hydrogen) atoms. The average molecular weight is 1170 g/mol. The van der Waals surface area contributed by atoms with Gasteiger partial charge in [-0.15, -0.1) is 0 Å². The van der Waals surface area contributed by atoms with Gasteiger partial charge in [0.25, 0.3) is 0 Å². The molecule has 7 aromatic carbocycles. The Morgan fingerprint density at radius 3 is 0.989 bits per heavy atom. The van der Waals surface area contributed by atoms with Crippen LogP contribution in [0.5, 0.6) is 0 Å². The van der Waals surface area contributed by atoms with Crippen LogP contribution >= 0.6 is 0 Å². The minimum atomic E-state index is -1.19. The number of anilines is 3. The first-order chi connectivity index (χ1) is 43.2. The molecule has 0 aliphatic heterocycles. The van der Waals surface area contributed by atoms with Gasteiger partial charge in [0.15, 0.2) is 0 Å². The fourth-order valence-corrected chi connectivity index (χ4v) is 14.6. The average Bonchev–Trinajstić information content (AvgIpc) is 1.81. The van der Waals surface area contributed by atoms with E-state index in [1.165, 1.54) is 208 Å². The van der Waals surface area contributed by atoms with Crippen molar-refractivity contribution in [2.75, 3.05) is 4.90 Å². The van der Waals surface area contributed by atoms with Crippen molar-refractivity contribution in [2.45, 2.75) is 218 Å². The fraction of sp³-hybridized carbons (Fsp3) is 0.405. The Labute approximate surface area is 530 Å². The highest BCUT2D eigenvalue weighted by atomic mass is 16.4. The predicted octanol–water partition coefficient (Wildman–Crippen LogP) is 25.0. The van der Waals surface area contributed by atoms with Crippen molar-refractivity contribution in [3.8, 4) is 28.3 Å². The quantitative estimate of drug-likeness (QED) is 0.0182. The van der Waals surface area contributed by atoms with Gasteiger partial charge in [-0.1, -0.05) is 327 Å². The molecule has 0 radical (unpaired) electrons. The van der Waals surface area contributed by atoms with Gasteiger partial charge in [-0.25, -0.2) is 4.79 Å². The van der Waals surface area contributed by atoms with Crippen LogP contribution in [0.15, 0.2) is 163 Å². The van der Waals surface area contributed by atoms with Crippen LogP contribution in [0.1, 0.15) is 258 Å². The lowest BCUT2D eigenvalue weighted by atomic mass is 9.70. The summed E-state index contributed by atoms with van der Waals surface area (Å²) in [5.41, 5.74) is 19.7. The summed E-state index contributed by atoms with van der Waals surface area (Å²) in [7, 11) is 0. The van der Waals surface area contributed by atoms with Gasteiger partial charge in [0.2, 0.25) is 0 Å². The number of benzene rings is 7. The summed E-state index contributed by atoms with van der Waals surface area (Å²) < 4.78 is 0. The van der Waals surface area contributed by atoms with E-state index in [1.54, 1.807) is 6.08 Å². The van der Waals surface area contributed by atoms with E-state index < -0.39 is 5.97 Å². The Morgan fingerprint density at radius 2 is 0.659 bits per heavy atom. The summed E-state index contributed by atoms with van der Waals surface area (Å²) in [4.78, 5) is 14.5. The number of hydrogen-bond donors (Lipinski definition) is 1. The molecule has 0 saturated heterocycles. The van der Waals surface area contributed by atoms with Crippen molar-refractivity contribution in [1.82, 2.24) is 0 Å². The maximum atomic E-state index is 12.1. The number of carboxylic acid groups (broad SMARTS) is 1. The van der Waals surface area contributed by atoms with E-state index in [0.717, 1.165) is 61.2 Å². The van der Waals surface area contributed by atoms with Crippen LogP contribution in [0.3, 0.4) is 0 Å². The number of unbranched alkanes of at least 4 members (excludes halogenated alkanes) is 20. The molecule has 1 N–H and O–H groups in total. The molecule has 4 heteroatoms. The number of nitriles is 1. The molecule has 0 fully saturated rings. The summed E-state index contributed by atoms with van der Waals surface area (Å²) in [5, 5.41) is 19.7. The molecule has 2 aliphatic carbocycles. The lowest BCUT2D eigenvalue weighted by Crippen LogP contribution is -2.26. The van der Waals surface area contributed by atoms with Crippen LogP contribution in [0.2, 0.25) is 0 Å². The van der Waals surface area contributed by atoms with Gasteiger partial charge in [0, 0.05) is 27.9 Å². The van der Waals surface area contributed by atoms with Gasteiger partial charge < -0.3 is 10.0 Å². The monoisotopic (exact) mass is 1170 g/mol. The van der Waals surface area contributed by atoms with Crippen LogP contribution < -0.4 is 4.90 Å². The SMILES string of the molecule is CCCCCCCCC1(CCCCCCCC)c2cc(/C=C/c3ccc(N(c4ccccc4)c4ccccc4)cc3)ccc2-c2ccc(/C=C/c3ccc4c(c3)C(CCCCCCCC)(CCCCCCCC)c3cc(/C=C(\C#N)C(=O)O)ccc3-4)cc21. The van der Waals surface area contributed by atoms with Gasteiger partial charge in [-0.05, 0) is 140 Å². The Kier molecular flexibility index (Phi) is 24.5. The normalized spacial score (nSPS) is 13.6. The van der Waals surface area contributed by atoms with Crippen LogP contribution in [0.4, 0.5) is 17.1 Å². The maximum absolute atomic E-state index is 12.1. The zero-order valence-electron chi connectivity index (χ0n) is 53.9. The molecule has 0 spiro atoms. The first-order valence-corrected chi connectivity index (χ1v) is 34.6. The van der Waals surface area contributed by atoms with E-state index in [4.69, 9.17) is 0 Å². The van der Waals surface area contributed by atoms with Gasteiger partial charge in [-0.3, -0.25) is 0 Å². The number of rotatable bonds is 37. The third-order valence-electron chi connectivity index (χ3n) is 19.4. The summed E-state index contributed by atoms with van der Waals surface area (Å²) in [6.07, 6.45) is 45.5. The molecule has 9 rings (SSSR count). The molecule has 458 valence electrons. The maximum Gasteiger partial charge on any atom is 0.346 e. The lowest BCUT2D eigenvalue weighted by molar-refractivity contribution is -0.132. The number of carboxylic acids is 1. The van der Waals surface area contributed by atoms with Crippen LogP contribution in [0.25, 0.3) is 52.6 Å². The second-order valence-corrected chi connectivity index (χ2v) is 25.7. The smallest absolute Gasteiger partial charge is 0.346 e. The highest BCUT2D eigenvalue weighted by Crippen LogP contribution is 2.57. The van der Waals surface area contributed by atoms with E-state index >= 15 is 0 Å². The molecule has 0 bridgehead atoms. The largest absolute Gasteiger partial charge is 0.477 e. The lowest BCUT2D eigenvalue weighted by Gasteiger charge is -2.33. The van der Waals surface area contributed by atoms with E-state index in [0.29, 0.717) is 0 Å². The van der Waals surface area contributed by atoms with Crippen LogP contribution in [-0.2, 0) is 15.6 Å². The second-order valence-electron chi connectivity index (χ2n) is 25.7. The van der Waals surface area contributed by atoms with Crippen molar-refractivity contribution in [3.63, 3.8) is 0 Å². The molecule has 0 heterocycles. The van der Waals surface area contributed by atoms with Gasteiger partial charge >= 0.3 is 5.97 Å². The molecule has 0 unspecified atom stereocenters. The summed E-state index contributed by atoms with van der Waals surface area (Å²) in [6.45, 7) is 9.21. The van der Waals surface area contributed by atoms with E-state index in [-0.39, 0.29) is 16.4 Å². The van der Waals surface area contributed by atoms with Crippen molar-refractivity contribution in [1.29, 1.82) is 5.26 Å². The number of carbonyl (C=O) groups is 1. The zero-order valence-corrected chi connectivity index (χ0v) is 53.9. The molecule has 4 nitrogen and oxygen atoms in total. The van der Waals surface area contributed by atoms with E-state index in [1.807, 2.05) is 12.1 Å². The van der Waals surface area contributed by atoms with Gasteiger partial charge in [0.1, 0.15) is 11.6 Å². The second kappa shape index (κ2) is 33.2. The first kappa shape index (κ1) is 65.0. The van der Waals surface area contributed by atoms with Crippen LogP contribution in [-0.4, -0.2) is 11.1 Å². The molecular weight excluding hydrogens is 1070 g/mol. The predicted molar refractivity (Wildman–Crippen MR) is 377 cm³/mol. The Morgan fingerprint density at radius 1 is 0.375 bits per heavy atom. The van der Waals surface area contributed by atoms with E-state index in [2.05, 4.69) is 209 Å². The number of para-hydroxylation sites is 2. The Bertz CT molecular complexity index is 3390. The van der Waals surface area contributed by atoms with E-state index in [9.17, 15) is 15.2 Å². The number of fused-ring (bicyclic) bond motifs is 6. The Balaban J connectivity index is 1.06. The minimum absolute atomic E-state index is 0.0770. The summed E-state index contributed by atoms with van der Waals surface area (Å²) in [5.74, 6) is -1.19. The highest BCUT2D eigenvalue weighted by Gasteiger charge is 2.44. The third-order valence-corrected chi connectivity index (χ3v) is 19.4. The van der Waals surface area contributed by atoms with Gasteiger partial charge in [-0.2, -0.15) is 5.26 Å². The first-order valence-electron chi connectivity index (χ1n) is 34.6. The molecular formula is C84H100N2O2. The fourth-order valence-electron chi connectivity index (χ4n) is 14.6. The molecule has 0 aromatic heterocycles. The topological polar surface area (TPSA) is 64.3 Å². The minimum Gasteiger partial charge on any atom is -0.477 e. The standard InChI is InChI=1S/C84H100N2O2/c1-5-9-13-17-21-31-55-83(56-32-22-18-14-10-6-2)78-60-66(40-39-65-43-49-73(50-44-65)86(71-35-27-25-28-36-71)72-37-29-26-30-38-72)45-51-74(78)75-52-46-67(61-79(75)83)41-42-68-47-53-76-77-54-48-69(59-70(64-85)82(87)88)63-81(77)84(80(76)62-68,57-33-23-19-15-11-7-3)58-34-24-20-16-12-8-4/h25-30,35-54,59-63H,5-24,31-34,55-58H2,1-4H3,(H,87,88)/b40-39+,42-41+,70-59+. The van der Waals surface area contributed by atoms with Gasteiger partial charge in [0.05, 0.1) is 0 Å². The molecule has 2 aliphatic rings. The molecule has 7 aromatic rings. The highest BCUT2D eigenvalue weighted by molar-refractivity contribution is 5.97. The van der Waals surface area contributed by atoms with Crippen molar-refractivity contribution < 1.29 is 9.90 Å².